The van der Waals surface area contributed by atoms with Gasteiger partial charge in [-0.15, -0.1) is 0 Å². The molecule has 0 aromatic heterocycles. The minimum absolute atomic E-state index is 0.00131. The van der Waals surface area contributed by atoms with Crippen molar-refractivity contribution in [3.8, 4) is 17.6 Å². The molecule has 2 aromatic rings. The maximum Gasteiger partial charge on any atom is 0.405 e. The summed E-state index contributed by atoms with van der Waals surface area (Å²) in [5.41, 5.74) is 0.895. The zero-order valence-corrected chi connectivity index (χ0v) is 17.3. The topological polar surface area (TPSA) is 105 Å². The van der Waals surface area contributed by atoms with E-state index in [1.165, 1.54) is 18.2 Å². The first-order valence-corrected chi connectivity index (χ1v) is 10.2. The summed E-state index contributed by atoms with van der Waals surface area (Å²) in [5.74, 6) is 4.76. The Morgan fingerprint density at radius 1 is 1.28 bits per heavy atom. The molecule has 0 heterocycles. The van der Waals surface area contributed by atoms with Crippen molar-refractivity contribution < 1.29 is 31.8 Å². The van der Waals surface area contributed by atoms with Crippen molar-refractivity contribution in [2.24, 2.45) is 0 Å². The van der Waals surface area contributed by atoms with Gasteiger partial charge in [-0.2, -0.15) is 8.78 Å². The summed E-state index contributed by atoms with van der Waals surface area (Å²) < 4.78 is 57.3. The summed E-state index contributed by atoms with van der Waals surface area (Å²) >= 11 is 3.05. The lowest BCUT2D eigenvalue weighted by molar-refractivity contribution is -0.0503. The first-order valence-electron chi connectivity index (χ1n) is 7.92. The fourth-order valence-electron chi connectivity index (χ4n) is 2.11. The molecule has 0 aliphatic rings. The molecule has 2 aromatic carbocycles. The van der Waals surface area contributed by atoms with E-state index in [1.807, 2.05) is 12.2 Å². The molecule has 11 heteroatoms. The van der Waals surface area contributed by atoms with E-state index in [-0.39, 0.29) is 32.9 Å². The van der Waals surface area contributed by atoms with Crippen LogP contribution in [-0.2, 0) is 10.0 Å². The molecule has 0 radical (unpaired) electrons. The van der Waals surface area contributed by atoms with Crippen molar-refractivity contribution >= 4 is 37.7 Å². The van der Waals surface area contributed by atoms with Crippen LogP contribution < -0.4 is 14.8 Å². The van der Waals surface area contributed by atoms with E-state index < -0.39 is 22.7 Å². The van der Waals surface area contributed by atoms with Crippen molar-refractivity contribution in [2.45, 2.75) is 18.4 Å². The van der Waals surface area contributed by atoms with Crippen LogP contribution in [0.15, 0.2) is 45.8 Å². The molecule has 0 fully saturated rings. The van der Waals surface area contributed by atoms with E-state index in [0.717, 1.165) is 11.6 Å². The third-order valence-electron chi connectivity index (χ3n) is 3.41. The Morgan fingerprint density at radius 3 is 2.52 bits per heavy atom. The summed E-state index contributed by atoms with van der Waals surface area (Å²) in [5, 5.41) is 10.6. The van der Waals surface area contributed by atoms with Crippen LogP contribution in [0.2, 0.25) is 0 Å². The van der Waals surface area contributed by atoms with Crippen LogP contribution in [0, 0.1) is 18.8 Å². The Kier molecular flexibility index (Phi) is 7.41. The highest BCUT2D eigenvalue weighted by atomic mass is 79.9. The third kappa shape index (κ3) is 6.62. The normalized spacial score (nSPS) is 10.8. The predicted molar refractivity (Wildman–Crippen MR) is 106 cm³/mol. The Bertz CT molecular complexity index is 1060. The number of amides is 1. The molecule has 3 N–H and O–H groups in total. The van der Waals surface area contributed by atoms with Crippen LogP contribution in [0.1, 0.15) is 11.1 Å². The summed E-state index contributed by atoms with van der Waals surface area (Å²) in [4.78, 5) is 10.5. The van der Waals surface area contributed by atoms with Gasteiger partial charge in [0.1, 0.15) is 5.75 Å². The molecule has 0 unspecified atom stereocenters. The Hall–Kier alpha value is -2.84. The van der Waals surface area contributed by atoms with Crippen LogP contribution in [-0.4, -0.2) is 32.8 Å². The van der Waals surface area contributed by atoms with Crippen molar-refractivity contribution in [1.29, 1.82) is 0 Å². The van der Waals surface area contributed by atoms with Gasteiger partial charge in [0.25, 0.3) is 10.0 Å². The molecular formula is C18H15BrF2N2O5S. The van der Waals surface area contributed by atoms with Crippen LogP contribution in [0.5, 0.6) is 5.75 Å². The van der Waals surface area contributed by atoms with E-state index in [1.54, 1.807) is 12.1 Å². The van der Waals surface area contributed by atoms with Gasteiger partial charge < -0.3 is 15.2 Å². The number of aryl methyl sites for hydroxylation is 1. The number of hydrogen-bond acceptors (Lipinski definition) is 4. The van der Waals surface area contributed by atoms with Gasteiger partial charge in [-0.05, 0) is 47.1 Å². The number of ether oxygens (including phenoxy) is 1. The zero-order valence-electron chi connectivity index (χ0n) is 14.9. The number of hydrogen-bond donors (Lipinski definition) is 3. The maximum atomic E-state index is 12.6. The lowest BCUT2D eigenvalue weighted by Gasteiger charge is -2.14. The van der Waals surface area contributed by atoms with Gasteiger partial charge >= 0.3 is 12.7 Å². The number of anilines is 1. The minimum Gasteiger partial charge on any atom is -0.465 e. The van der Waals surface area contributed by atoms with Gasteiger partial charge in [0.15, 0.2) is 0 Å². The third-order valence-corrected chi connectivity index (χ3v) is 5.42. The maximum absolute atomic E-state index is 12.6. The van der Waals surface area contributed by atoms with E-state index >= 15 is 0 Å². The molecule has 7 nitrogen and oxygen atoms in total. The van der Waals surface area contributed by atoms with Crippen LogP contribution >= 0.6 is 15.9 Å². The molecule has 0 aliphatic heterocycles. The van der Waals surface area contributed by atoms with E-state index in [4.69, 9.17) is 5.11 Å². The predicted octanol–water partition coefficient (Wildman–Crippen LogP) is 3.78. The highest BCUT2D eigenvalue weighted by Crippen LogP contribution is 2.33. The van der Waals surface area contributed by atoms with Gasteiger partial charge in [0, 0.05) is 0 Å². The van der Waals surface area contributed by atoms with Crippen LogP contribution in [0.25, 0.3) is 0 Å². The van der Waals surface area contributed by atoms with Gasteiger partial charge in [-0.25, -0.2) is 13.2 Å². The summed E-state index contributed by atoms with van der Waals surface area (Å²) in [6, 6.07) is 8.45. The smallest absolute Gasteiger partial charge is 0.405 e. The second-order valence-electron chi connectivity index (χ2n) is 5.59. The molecule has 1 amide bonds. The fraction of sp³-hybridized carbons (Fsp3) is 0.167. The monoisotopic (exact) mass is 488 g/mol. The number of alkyl halides is 2. The average molecular weight is 489 g/mol. The number of carbonyl (C=O) groups is 1. The molecule has 154 valence electrons. The second kappa shape index (κ2) is 9.58. The van der Waals surface area contributed by atoms with Gasteiger partial charge in [-0.1, -0.05) is 29.5 Å². The average Bonchev–Trinajstić information content (AvgIpc) is 2.61. The highest BCUT2D eigenvalue weighted by molar-refractivity contribution is 9.10. The van der Waals surface area contributed by atoms with E-state index in [9.17, 15) is 22.0 Å². The van der Waals surface area contributed by atoms with Gasteiger partial charge in [-0.3, -0.25) is 4.72 Å². The Balaban J connectivity index is 2.43. The summed E-state index contributed by atoms with van der Waals surface area (Å²) in [6.45, 7) is -1.54. The molecule has 0 saturated heterocycles. The summed E-state index contributed by atoms with van der Waals surface area (Å²) in [6.07, 6.45) is -1.29. The summed E-state index contributed by atoms with van der Waals surface area (Å²) in [7, 11) is -3.99. The minimum atomic E-state index is -3.99. The van der Waals surface area contributed by atoms with Gasteiger partial charge in [0.2, 0.25) is 0 Å². The zero-order chi connectivity index (χ0) is 21.6. The first kappa shape index (κ1) is 22.4. The van der Waals surface area contributed by atoms with Crippen LogP contribution in [0.4, 0.5) is 19.3 Å². The lowest BCUT2D eigenvalue weighted by Crippen LogP contribution is -2.20. The number of sulfonamides is 1. The van der Waals surface area contributed by atoms with Crippen molar-refractivity contribution in [3.05, 3.63) is 52.0 Å². The van der Waals surface area contributed by atoms with E-state index in [0.29, 0.717) is 0 Å². The number of nitrogens with one attached hydrogen (secondary N) is 2. The first-order chi connectivity index (χ1) is 13.6. The molecule has 0 spiro atoms. The molecule has 0 aliphatic carbocycles. The molecular weight excluding hydrogens is 474 g/mol. The Labute approximate surface area is 174 Å². The number of benzene rings is 2. The number of halogens is 3. The number of rotatable bonds is 6. The number of carboxylic acid groups (broad SMARTS) is 1. The molecule has 0 atom stereocenters. The van der Waals surface area contributed by atoms with Crippen molar-refractivity contribution in [2.75, 3.05) is 11.3 Å². The van der Waals surface area contributed by atoms with E-state index in [2.05, 4.69) is 37.2 Å². The SMILES string of the molecule is Cc1ccc(S(=O)(=O)Nc2cc(Br)c(OC(F)F)cc2C#CCNC(=O)O)cc1. The van der Waals surface area contributed by atoms with Crippen molar-refractivity contribution in [3.63, 3.8) is 0 Å². The van der Waals surface area contributed by atoms with Crippen LogP contribution in [0.3, 0.4) is 0 Å². The molecule has 0 bridgehead atoms. The fourth-order valence-corrected chi connectivity index (χ4v) is 3.62. The lowest BCUT2D eigenvalue weighted by atomic mass is 10.2. The highest BCUT2D eigenvalue weighted by Gasteiger charge is 2.18. The second-order valence-corrected chi connectivity index (χ2v) is 8.12. The quantitative estimate of drug-likeness (QED) is 0.536. The standard InChI is InChI=1S/C18H15BrF2N2O5S/c1-11-4-6-13(7-5-11)29(26,27)23-15-10-14(19)16(28-17(20)21)9-12(15)3-2-8-22-18(24)25/h4-7,9-10,17,22-23H,8H2,1H3,(H,24,25). The molecule has 29 heavy (non-hydrogen) atoms. The van der Waals surface area contributed by atoms with Crippen molar-refractivity contribution in [1.82, 2.24) is 5.32 Å². The molecule has 0 saturated carbocycles. The van der Waals surface area contributed by atoms with Gasteiger partial charge in [0.05, 0.1) is 27.2 Å². The molecule has 2 rings (SSSR count). The largest absolute Gasteiger partial charge is 0.465 e. The Morgan fingerprint density at radius 2 is 1.93 bits per heavy atom.